The minimum absolute atomic E-state index is 0.0830. The number of nitro benzene ring substituents is 1. The topological polar surface area (TPSA) is 69.8 Å². The molecular weight excluding hydrogens is 306 g/mol. The Hall–Kier alpha value is -1.66. The van der Waals surface area contributed by atoms with Gasteiger partial charge in [-0.3, -0.25) is 15.0 Å². The van der Waals surface area contributed by atoms with E-state index in [1.165, 1.54) is 38.3 Å². The van der Waals surface area contributed by atoms with E-state index in [9.17, 15) is 15.2 Å². The monoisotopic (exact) mass is 331 g/mol. The number of aliphatic hydroxyl groups excluding tert-OH is 1. The van der Waals surface area contributed by atoms with Crippen LogP contribution < -0.4 is 4.90 Å². The summed E-state index contributed by atoms with van der Waals surface area (Å²) in [5, 5.41) is 20.8. The van der Waals surface area contributed by atoms with Crippen molar-refractivity contribution in [3.8, 4) is 0 Å². The van der Waals surface area contributed by atoms with E-state index in [4.69, 9.17) is 0 Å². The van der Waals surface area contributed by atoms with Crippen molar-refractivity contribution < 1.29 is 10.0 Å². The SMILES string of the molecule is O=[N+]([O-])c1ccc(CO)cc1N1CCC2C(CCCN2C2CC2)C1. The van der Waals surface area contributed by atoms with Gasteiger partial charge >= 0.3 is 0 Å². The molecule has 2 saturated heterocycles. The molecule has 2 aliphatic heterocycles. The fraction of sp³-hybridized carbons (Fsp3) is 0.667. The third-order valence-electron chi connectivity index (χ3n) is 5.89. The summed E-state index contributed by atoms with van der Waals surface area (Å²) in [7, 11) is 0. The Morgan fingerprint density at radius 1 is 1.21 bits per heavy atom. The number of likely N-dealkylation sites (tertiary alicyclic amines) is 1. The average Bonchev–Trinajstić information content (AvgIpc) is 3.45. The van der Waals surface area contributed by atoms with Gasteiger partial charge in [0, 0.05) is 31.2 Å². The van der Waals surface area contributed by atoms with Crippen LogP contribution in [0.2, 0.25) is 0 Å². The zero-order valence-electron chi connectivity index (χ0n) is 13.9. The van der Waals surface area contributed by atoms with Crippen molar-refractivity contribution in [3.63, 3.8) is 0 Å². The molecule has 0 spiro atoms. The molecule has 1 N–H and O–H groups in total. The second kappa shape index (κ2) is 6.33. The van der Waals surface area contributed by atoms with Crippen molar-refractivity contribution in [3.05, 3.63) is 33.9 Å². The van der Waals surface area contributed by atoms with Gasteiger partial charge in [-0.1, -0.05) is 0 Å². The largest absolute Gasteiger partial charge is 0.392 e. The summed E-state index contributed by atoms with van der Waals surface area (Å²) < 4.78 is 0. The molecule has 0 aromatic heterocycles. The van der Waals surface area contributed by atoms with Crippen molar-refractivity contribution in [1.82, 2.24) is 4.90 Å². The minimum Gasteiger partial charge on any atom is -0.392 e. The summed E-state index contributed by atoms with van der Waals surface area (Å²) >= 11 is 0. The highest BCUT2D eigenvalue weighted by Gasteiger charge is 2.42. The van der Waals surface area contributed by atoms with Gasteiger partial charge in [-0.25, -0.2) is 0 Å². The fourth-order valence-corrected chi connectivity index (χ4v) is 4.60. The molecule has 3 aliphatic rings. The van der Waals surface area contributed by atoms with Crippen LogP contribution in [0, 0.1) is 16.0 Å². The van der Waals surface area contributed by atoms with Gasteiger partial charge in [0.25, 0.3) is 5.69 Å². The number of benzene rings is 1. The molecule has 1 aromatic rings. The van der Waals surface area contributed by atoms with Crippen LogP contribution in [0.3, 0.4) is 0 Å². The van der Waals surface area contributed by atoms with Gasteiger partial charge in [-0.2, -0.15) is 0 Å². The predicted molar refractivity (Wildman–Crippen MR) is 92.1 cm³/mol. The highest BCUT2D eigenvalue weighted by molar-refractivity contribution is 5.65. The van der Waals surface area contributed by atoms with Crippen LogP contribution in [0.25, 0.3) is 0 Å². The van der Waals surface area contributed by atoms with Gasteiger partial charge in [0.1, 0.15) is 5.69 Å². The molecule has 2 unspecified atom stereocenters. The summed E-state index contributed by atoms with van der Waals surface area (Å²) in [5.74, 6) is 0.602. The summed E-state index contributed by atoms with van der Waals surface area (Å²) in [5.41, 5.74) is 1.56. The quantitative estimate of drug-likeness (QED) is 0.678. The number of fused-ring (bicyclic) bond motifs is 1. The number of nitro groups is 1. The van der Waals surface area contributed by atoms with Gasteiger partial charge < -0.3 is 10.0 Å². The smallest absolute Gasteiger partial charge is 0.292 e. The van der Waals surface area contributed by atoms with Crippen molar-refractivity contribution in [2.45, 2.75) is 50.8 Å². The third kappa shape index (κ3) is 2.89. The Balaban J connectivity index is 1.57. The number of hydrogen-bond donors (Lipinski definition) is 1. The Morgan fingerprint density at radius 3 is 2.75 bits per heavy atom. The molecule has 2 atom stereocenters. The van der Waals surface area contributed by atoms with Crippen LogP contribution in [0.15, 0.2) is 18.2 Å². The second-order valence-electron chi connectivity index (χ2n) is 7.41. The van der Waals surface area contributed by atoms with Gasteiger partial charge in [-0.05, 0) is 62.3 Å². The lowest BCUT2D eigenvalue weighted by Gasteiger charge is -2.48. The lowest BCUT2D eigenvalue weighted by molar-refractivity contribution is -0.384. The van der Waals surface area contributed by atoms with Crippen LogP contribution in [-0.4, -0.2) is 46.6 Å². The Morgan fingerprint density at radius 2 is 2.04 bits per heavy atom. The van der Waals surface area contributed by atoms with E-state index in [2.05, 4.69) is 9.80 Å². The summed E-state index contributed by atoms with van der Waals surface area (Å²) in [6, 6.07) is 6.42. The van der Waals surface area contributed by atoms with Crippen molar-refractivity contribution in [2.75, 3.05) is 24.5 Å². The summed E-state index contributed by atoms with van der Waals surface area (Å²) in [6.45, 7) is 2.90. The number of nitrogens with zero attached hydrogens (tertiary/aromatic N) is 3. The molecule has 4 rings (SSSR count). The molecule has 1 aliphatic carbocycles. The second-order valence-corrected chi connectivity index (χ2v) is 7.41. The van der Waals surface area contributed by atoms with Gasteiger partial charge in [0.15, 0.2) is 0 Å². The Bertz CT molecular complexity index is 632. The maximum Gasteiger partial charge on any atom is 0.292 e. The zero-order valence-corrected chi connectivity index (χ0v) is 13.9. The molecule has 24 heavy (non-hydrogen) atoms. The molecular formula is C18H25N3O3. The highest BCUT2D eigenvalue weighted by Crippen LogP contribution is 2.40. The van der Waals surface area contributed by atoms with E-state index in [0.717, 1.165) is 31.1 Å². The molecule has 0 radical (unpaired) electrons. The Kier molecular flexibility index (Phi) is 4.18. The van der Waals surface area contributed by atoms with Crippen molar-refractivity contribution >= 4 is 11.4 Å². The number of aliphatic hydroxyl groups is 1. The van der Waals surface area contributed by atoms with E-state index < -0.39 is 0 Å². The van der Waals surface area contributed by atoms with Crippen LogP contribution in [0.5, 0.6) is 0 Å². The molecule has 3 fully saturated rings. The first-order valence-corrected chi connectivity index (χ1v) is 9.06. The van der Waals surface area contributed by atoms with E-state index in [-0.39, 0.29) is 17.2 Å². The summed E-state index contributed by atoms with van der Waals surface area (Å²) in [6.07, 6.45) is 6.23. The van der Waals surface area contributed by atoms with Crippen molar-refractivity contribution in [1.29, 1.82) is 0 Å². The zero-order chi connectivity index (χ0) is 16.7. The first kappa shape index (κ1) is 15.8. The first-order chi connectivity index (χ1) is 11.7. The standard InChI is InChI=1S/C18H25N3O3/c22-12-13-3-6-17(21(23)24)18(10-13)19-9-7-16-14(11-19)2-1-8-20(16)15-4-5-15/h3,6,10,14-16,22H,1-2,4-5,7-9,11-12H2. The molecule has 0 bridgehead atoms. The number of piperidine rings is 2. The number of rotatable bonds is 4. The lowest BCUT2D eigenvalue weighted by atomic mass is 9.83. The van der Waals surface area contributed by atoms with E-state index >= 15 is 0 Å². The van der Waals surface area contributed by atoms with Crippen LogP contribution in [0.1, 0.15) is 37.7 Å². The van der Waals surface area contributed by atoms with Crippen LogP contribution in [-0.2, 0) is 6.61 Å². The third-order valence-corrected chi connectivity index (χ3v) is 5.89. The maximum absolute atomic E-state index is 11.4. The minimum atomic E-state index is -0.306. The van der Waals surface area contributed by atoms with Gasteiger partial charge in [0.2, 0.25) is 0 Å². The maximum atomic E-state index is 11.4. The Labute approximate surface area is 142 Å². The normalized spacial score (nSPS) is 27.8. The van der Waals surface area contributed by atoms with Crippen LogP contribution in [0.4, 0.5) is 11.4 Å². The van der Waals surface area contributed by atoms with Crippen molar-refractivity contribution in [2.24, 2.45) is 5.92 Å². The molecule has 6 nitrogen and oxygen atoms in total. The number of anilines is 1. The molecule has 1 aromatic carbocycles. The fourth-order valence-electron chi connectivity index (χ4n) is 4.60. The highest BCUT2D eigenvalue weighted by atomic mass is 16.6. The number of hydrogen-bond acceptors (Lipinski definition) is 5. The first-order valence-electron chi connectivity index (χ1n) is 9.06. The van der Waals surface area contributed by atoms with Crippen LogP contribution >= 0.6 is 0 Å². The molecule has 0 amide bonds. The van der Waals surface area contributed by atoms with E-state index in [0.29, 0.717) is 17.6 Å². The summed E-state index contributed by atoms with van der Waals surface area (Å²) in [4.78, 5) is 16.0. The predicted octanol–water partition coefficient (Wildman–Crippen LogP) is 2.54. The average molecular weight is 331 g/mol. The lowest BCUT2D eigenvalue weighted by Crippen LogP contribution is -2.54. The molecule has 6 heteroatoms. The molecule has 1 saturated carbocycles. The van der Waals surface area contributed by atoms with E-state index in [1.807, 2.05) is 0 Å². The van der Waals surface area contributed by atoms with Gasteiger partial charge in [0.05, 0.1) is 11.5 Å². The molecule has 2 heterocycles. The van der Waals surface area contributed by atoms with E-state index in [1.54, 1.807) is 12.1 Å². The molecule has 130 valence electrons. The van der Waals surface area contributed by atoms with Gasteiger partial charge in [-0.15, -0.1) is 0 Å².